The highest BCUT2D eigenvalue weighted by Gasteiger charge is 2.04. The Balaban J connectivity index is 1.71. The summed E-state index contributed by atoms with van der Waals surface area (Å²) >= 11 is 3.45. The van der Waals surface area contributed by atoms with Gasteiger partial charge in [0.2, 0.25) is 5.91 Å². The van der Waals surface area contributed by atoms with Gasteiger partial charge in [-0.1, -0.05) is 40.2 Å². The van der Waals surface area contributed by atoms with E-state index in [0.717, 1.165) is 21.5 Å². The van der Waals surface area contributed by atoms with E-state index < -0.39 is 0 Å². The highest BCUT2D eigenvalue weighted by atomic mass is 79.9. The van der Waals surface area contributed by atoms with Crippen LogP contribution in [0.1, 0.15) is 18.4 Å². The fourth-order valence-corrected chi connectivity index (χ4v) is 2.21. The molecule has 0 fully saturated rings. The highest BCUT2D eigenvalue weighted by molar-refractivity contribution is 9.10. The SMILES string of the molecule is Cc1ccc(NC(=O)CCCOc2ccccc2)cc1Br. The number of hydrogen-bond donors (Lipinski definition) is 1. The second-order valence-corrected chi connectivity index (χ2v) is 5.63. The molecule has 110 valence electrons. The van der Waals surface area contributed by atoms with Gasteiger partial charge in [-0.25, -0.2) is 0 Å². The Hall–Kier alpha value is -1.81. The molecule has 0 aromatic heterocycles. The summed E-state index contributed by atoms with van der Waals surface area (Å²) in [6.45, 7) is 2.55. The van der Waals surface area contributed by atoms with Crippen LogP contribution in [-0.2, 0) is 4.79 Å². The van der Waals surface area contributed by atoms with Gasteiger partial charge in [0.15, 0.2) is 0 Å². The molecule has 0 atom stereocenters. The Morgan fingerprint density at radius 1 is 1.19 bits per heavy atom. The molecule has 21 heavy (non-hydrogen) atoms. The third-order valence-electron chi connectivity index (χ3n) is 3.02. The van der Waals surface area contributed by atoms with Gasteiger partial charge in [0.25, 0.3) is 0 Å². The van der Waals surface area contributed by atoms with E-state index in [1.54, 1.807) is 0 Å². The lowest BCUT2D eigenvalue weighted by Crippen LogP contribution is -2.12. The third-order valence-corrected chi connectivity index (χ3v) is 3.87. The van der Waals surface area contributed by atoms with Crippen molar-refractivity contribution in [3.63, 3.8) is 0 Å². The van der Waals surface area contributed by atoms with Crippen LogP contribution in [-0.4, -0.2) is 12.5 Å². The van der Waals surface area contributed by atoms with Crippen molar-refractivity contribution < 1.29 is 9.53 Å². The van der Waals surface area contributed by atoms with Crippen molar-refractivity contribution in [3.8, 4) is 5.75 Å². The van der Waals surface area contributed by atoms with Gasteiger partial charge in [-0.2, -0.15) is 0 Å². The lowest BCUT2D eigenvalue weighted by Gasteiger charge is -2.08. The summed E-state index contributed by atoms with van der Waals surface area (Å²) < 4.78 is 6.55. The Kier molecular flexibility index (Phi) is 5.81. The summed E-state index contributed by atoms with van der Waals surface area (Å²) in [7, 11) is 0. The summed E-state index contributed by atoms with van der Waals surface area (Å²) in [5.41, 5.74) is 1.95. The maximum atomic E-state index is 11.8. The largest absolute Gasteiger partial charge is 0.494 e. The molecule has 1 N–H and O–H groups in total. The topological polar surface area (TPSA) is 38.3 Å². The van der Waals surface area contributed by atoms with Gasteiger partial charge in [-0.3, -0.25) is 4.79 Å². The number of carbonyl (C=O) groups excluding carboxylic acids is 1. The van der Waals surface area contributed by atoms with Crippen LogP contribution < -0.4 is 10.1 Å². The molecule has 0 saturated heterocycles. The molecule has 3 nitrogen and oxygen atoms in total. The average molecular weight is 348 g/mol. The summed E-state index contributed by atoms with van der Waals surface area (Å²) in [6.07, 6.45) is 1.13. The van der Waals surface area contributed by atoms with Gasteiger partial charge in [0.1, 0.15) is 5.75 Å². The number of para-hydroxylation sites is 1. The van der Waals surface area contributed by atoms with Crippen molar-refractivity contribution in [2.75, 3.05) is 11.9 Å². The highest BCUT2D eigenvalue weighted by Crippen LogP contribution is 2.20. The number of aryl methyl sites for hydroxylation is 1. The lowest BCUT2D eigenvalue weighted by molar-refractivity contribution is -0.116. The van der Waals surface area contributed by atoms with Crippen molar-refractivity contribution in [2.45, 2.75) is 19.8 Å². The van der Waals surface area contributed by atoms with Crippen LogP contribution in [0, 0.1) is 6.92 Å². The molecule has 0 aliphatic carbocycles. The molecule has 0 unspecified atom stereocenters. The number of anilines is 1. The number of benzene rings is 2. The Bertz CT molecular complexity index is 599. The molecule has 0 saturated carbocycles. The minimum atomic E-state index is 0.00224. The summed E-state index contributed by atoms with van der Waals surface area (Å²) in [6, 6.07) is 15.4. The van der Waals surface area contributed by atoms with E-state index in [4.69, 9.17) is 4.74 Å². The minimum absolute atomic E-state index is 0.00224. The van der Waals surface area contributed by atoms with Crippen LogP contribution in [0.2, 0.25) is 0 Å². The molecule has 0 aliphatic rings. The first-order valence-electron chi connectivity index (χ1n) is 6.89. The number of ether oxygens (including phenoxy) is 1. The van der Waals surface area contributed by atoms with Crippen LogP contribution in [0.15, 0.2) is 53.0 Å². The molecule has 0 spiro atoms. The summed E-state index contributed by atoms with van der Waals surface area (Å²) in [5, 5.41) is 2.88. The predicted molar refractivity (Wildman–Crippen MR) is 88.7 cm³/mol. The van der Waals surface area contributed by atoms with Gasteiger partial charge < -0.3 is 10.1 Å². The van der Waals surface area contributed by atoms with Crippen LogP contribution >= 0.6 is 15.9 Å². The van der Waals surface area contributed by atoms with Crippen molar-refractivity contribution in [1.29, 1.82) is 0 Å². The maximum absolute atomic E-state index is 11.8. The van der Waals surface area contributed by atoms with Gasteiger partial charge in [-0.15, -0.1) is 0 Å². The second kappa shape index (κ2) is 7.84. The van der Waals surface area contributed by atoms with Crippen molar-refractivity contribution >= 4 is 27.5 Å². The normalized spacial score (nSPS) is 10.2. The van der Waals surface area contributed by atoms with E-state index >= 15 is 0 Å². The molecular weight excluding hydrogens is 330 g/mol. The fraction of sp³-hybridized carbons (Fsp3) is 0.235. The molecule has 0 radical (unpaired) electrons. The number of rotatable bonds is 6. The molecule has 2 rings (SSSR count). The van der Waals surface area contributed by atoms with Crippen molar-refractivity contribution in [3.05, 3.63) is 58.6 Å². The van der Waals surface area contributed by atoms with E-state index in [-0.39, 0.29) is 5.91 Å². The van der Waals surface area contributed by atoms with E-state index in [2.05, 4.69) is 21.2 Å². The Morgan fingerprint density at radius 2 is 1.95 bits per heavy atom. The van der Waals surface area contributed by atoms with Gasteiger partial charge in [0, 0.05) is 16.6 Å². The molecule has 1 amide bonds. The van der Waals surface area contributed by atoms with Gasteiger partial charge in [-0.05, 0) is 43.2 Å². The predicted octanol–water partition coefficient (Wildman–Crippen LogP) is 4.56. The monoisotopic (exact) mass is 347 g/mol. The van der Waals surface area contributed by atoms with E-state index in [1.807, 2.05) is 55.5 Å². The first-order chi connectivity index (χ1) is 10.1. The summed E-state index contributed by atoms with van der Waals surface area (Å²) in [4.78, 5) is 11.8. The first-order valence-corrected chi connectivity index (χ1v) is 7.68. The van der Waals surface area contributed by atoms with E-state index in [0.29, 0.717) is 19.4 Å². The Morgan fingerprint density at radius 3 is 2.67 bits per heavy atom. The number of amides is 1. The average Bonchev–Trinajstić information content (AvgIpc) is 2.49. The minimum Gasteiger partial charge on any atom is -0.494 e. The Labute approximate surface area is 133 Å². The molecule has 0 heterocycles. The number of halogens is 1. The number of nitrogens with one attached hydrogen (secondary N) is 1. The molecule has 4 heteroatoms. The van der Waals surface area contributed by atoms with Crippen LogP contribution in [0.3, 0.4) is 0 Å². The first kappa shape index (κ1) is 15.6. The molecule has 0 bridgehead atoms. The van der Waals surface area contributed by atoms with Crippen LogP contribution in [0.25, 0.3) is 0 Å². The zero-order valence-corrected chi connectivity index (χ0v) is 13.5. The fourth-order valence-electron chi connectivity index (χ4n) is 1.83. The quantitative estimate of drug-likeness (QED) is 0.778. The van der Waals surface area contributed by atoms with Crippen molar-refractivity contribution in [1.82, 2.24) is 0 Å². The third kappa shape index (κ3) is 5.23. The lowest BCUT2D eigenvalue weighted by atomic mass is 10.2. The number of carbonyl (C=O) groups is 1. The second-order valence-electron chi connectivity index (χ2n) is 4.78. The van der Waals surface area contributed by atoms with Crippen LogP contribution in [0.5, 0.6) is 5.75 Å². The van der Waals surface area contributed by atoms with Gasteiger partial charge in [0.05, 0.1) is 6.61 Å². The summed E-state index contributed by atoms with van der Waals surface area (Å²) in [5.74, 6) is 0.836. The van der Waals surface area contributed by atoms with Gasteiger partial charge >= 0.3 is 0 Å². The smallest absolute Gasteiger partial charge is 0.224 e. The molecular formula is C17H18BrNO2. The van der Waals surface area contributed by atoms with E-state index in [9.17, 15) is 4.79 Å². The molecule has 0 aliphatic heterocycles. The zero-order chi connectivity index (χ0) is 15.1. The van der Waals surface area contributed by atoms with Crippen molar-refractivity contribution in [2.24, 2.45) is 0 Å². The maximum Gasteiger partial charge on any atom is 0.224 e. The van der Waals surface area contributed by atoms with E-state index in [1.165, 1.54) is 0 Å². The molecule has 2 aromatic carbocycles. The zero-order valence-electron chi connectivity index (χ0n) is 11.9. The van der Waals surface area contributed by atoms with Crippen LogP contribution in [0.4, 0.5) is 5.69 Å². The standard InChI is InChI=1S/C17H18BrNO2/c1-13-9-10-14(12-16(13)18)19-17(20)8-5-11-21-15-6-3-2-4-7-15/h2-4,6-7,9-10,12H,5,8,11H2,1H3,(H,19,20). The molecule has 2 aromatic rings. The number of hydrogen-bond acceptors (Lipinski definition) is 2.